The Morgan fingerprint density at radius 3 is 2.83 bits per heavy atom. The molecule has 0 saturated heterocycles. The highest BCUT2D eigenvalue weighted by atomic mass is 19.1. The van der Waals surface area contributed by atoms with Crippen molar-refractivity contribution in [3.8, 4) is 0 Å². The maximum Gasteiger partial charge on any atom is 0.123 e. The summed E-state index contributed by atoms with van der Waals surface area (Å²) in [6.45, 7) is -0.0278. The van der Waals surface area contributed by atoms with E-state index in [4.69, 9.17) is 5.11 Å². The van der Waals surface area contributed by atoms with Crippen molar-refractivity contribution >= 4 is 0 Å². The topological polar surface area (TPSA) is 32.3 Å². The highest BCUT2D eigenvalue weighted by molar-refractivity contribution is 5.19. The van der Waals surface area contributed by atoms with Crippen molar-refractivity contribution in [2.24, 2.45) is 0 Å². The molecule has 1 aromatic rings. The van der Waals surface area contributed by atoms with E-state index in [1.807, 2.05) is 0 Å². The molecule has 1 rings (SSSR count). The summed E-state index contributed by atoms with van der Waals surface area (Å²) >= 11 is 0. The molecule has 0 saturated carbocycles. The average Bonchev–Trinajstić information content (AvgIpc) is 2.07. The molecule has 0 fully saturated rings. The summed E-state index contributed by atoms with van der Waals surface area (Å²) in [6.07, 6.45) is 0. The lowest BCUT2D eigenvalue weighted by atomic mass is 10.1. The Hall–Kier alpha value is -0.930. The van der Waals surface area contributed by atoms with Gasteiger partial charge >= 0.3 is 0 Å². The zero-order chi connectivity index (χ0) is 8.97. The number of hydrogen-bond acceptors (Lipinski definition) is 2. The molecule has 0 bridgehead atoms. The number of hydrogen-bond donors (Lipinski definition) is 2. The van der Waals surface area contributed by atoms with Gasteiger partial charge in [0.05, 0.1) is 12.6 Å². The Balaban J connectivity index is 2.85. The van der Waals surface area contributed by atoms with Crippen LogP contribution < -0.4 is 5.32 Å². The van der Waals surface area contributed by atoms with Crippen molar-refractivity contribution < 1.29 is 9.50 Å². The molecule has 0 aliphatic rings. The van der Waals surface area contributed by atoms with Crippen molar-refractivity contribution in [1.82, 2.24) is 5.32 Å². The van der Waals surface area contributed by atoms with Crippen molar-refractivity contribution in [3.05, 3.63) is 35.6 Å². The van der Waals surface area contributed by atoms with Crippen molar-refractivity contribution in [1.29, 1.82) is 0 Å². The van der Waals surface area contributed by atoms with Gasteiger partial charge < -0.3 is 10.4 Å². The van der Waals surface area contributed by atoms with Gasteiger partial charge in [-0.25, -0.2) is 4.39 Å². The van der Waals surface area contributed by atoms with Gasteiger partial charge in [-0.2, -0.15) is 0 Å². The van der Waals surface area contributed by atoms with Crippen molar-refractivity contribution in [3.63, 3.8) is 0 Å². The monoisotopic (exact) mass is 169 g/mol. The number of nitrogens with one attached hydrogen (secondary N) is 1. The lowest BCUT2D eigenvalue weighted by molar-refractivity contribution is 0.250. The van der Waals surface area contributed by atoms with Gasteiger partial charge in [-0.15, -0.1) is 0 Å². The molecule has 0 heterocycles. The minimum Gasteiger partial charge on any atom is -0.394 e. The molecule has 1 unspecified atom stereocenters. The number of rotatable bonds is 3. The van der Waals surface area contributed by atoms with E-state index in [1.165, 1.54) is 12.1 Å². The van der Waals surface area contributed by atoms with Gasteiger partial charge in [-0.05, 0) is 24.7 Å². The average molecular weight is 169 g/mol. The third-order valence-electron chi connectivity index (χ3n) is 1.78. The summed E-state index contributed by atoms with van der Waals surface area (Å²) < 4.78 is 12.7. The molecule has 1 atom stereocenters. The largest absolute Gasteiger partial charge is 0.394 e. The van der Waals surface area contributed by atoms with Crippen LogP contribution in [0.2, 0.25) is 0 Å². The predicted molar refractivity (Wildman–Crippen MR) is 45.3 cm³/mol. The first kappa shape index (κ1) is 9.16. The van der Waals surface area contributed by atoms with E-state index < -0.39 is 0 Å². The Kier molecular flexibility index (Phi) is 3.19. The molecule has 0 aliphatic carbocycles. The molecule has 66 valence electrons. The Morgan fingerprint density at radius 2 is 2.33 bits per heavy atom. The maximum atomic E-state index is 12.7. The van der Waals surface area contributed by atoms with Crippen LogP contribution in [0.15, 0.2) is 24.3 Å². The van der Waals surface area contributed by atoms with Crippen LogP contribution in [0.5, 0.6) is 0 Å². The highest BCUT2D eigenvalue weighted by Gasteiger charge is 2.06. The van der Waals surface area contributed by atoms with Gasteiger partial charge in [0.2, 0.25) is 0 Å². The van der Waals surface area contributed by atoms with Crippen LogP contribution in [0.4, 0.5) is 4.39 Å². The third-order valence-corrected chi connectivity index (χ3v) is 1.78. The van der Waals surface area contributed by atoms with E-state index in [0.717, 1.165) is 5.56 Å². The fourth-order valence-corrected chi connectivity index (χ4v) is 1.09. The molecule has 0 aliphatic heterocycles. The molecular formula is C9H12FNO. The normalized spacial score (nSPS) is 12.9. The molecular weight excluding hydrogens is 157 g/mol. The minimum atomic E-state index is -0.277. The van der Waals surface area contributed by atoms with E-state index in [1.54, 1.807) is 19.2 Å². The van der Waals surface area contributed by atoms with E-state index >= 15 is 0 Å². The van der Waals surface area contributed by atoms with Crippen LogP contribution >= 0.6 is 0 Å². The van der Waals surface area contributed by atoms with E-state index in [0.29, 0.717) is 0 Å². The summed E-state index contributed by atoms with van der Waals surface area (Å²) in [6, 6.07) is 6.02. The van der Waals surface area contributed by atoms with Crippen LogP contribution in [0.3, 0.4) is 0 Å². The standard InChI is InChI=1S/C9H12FNO/c1-11-9(6-12)7-3-2-4-8(10)5-7/h2-5,9,11-12H,6H2,1H3. The summed E-state index contributed by atoms with van der Waals surface area (Å²) in [7, 11) is 1.73. The first-order valence-corrected chi connectivity index (χ1v) is 3.81. The van der Waals surface area contributed by atoms with Gasteiger partial charge in [0.25, 0.3) is 0 Å². The Morgan fingerprint density at radius 1 is 1.58 bits per heavy atom. The molecule has 2 N–H and O–H groups in total. The quantitative estimate of drug-likeness (QED) is 0.709. The second kappa shape index (κ2) is 4.18. The second-order valence-electron chi connectivity index (χ2n) is 2.58. The number of likely N-dealkylation sites (N-methyl/N-ethyl adjacent to an activating group) is 1. The Bertz CT molecular complexity index is 248. The Labute approximate surface area is 71.0 Å². The lowest BCUT2D eigenvalue weighted by Gasteiger charge is -2.12. The van der Waals surface area contributed by atoms with E-state index in [-0.39, 0.29) is 18.5 Å². The fourth-order valence-electron chi connectivity index (χ4n) is 1.09. The van der Waals surface area contributed by atoms with Crippen LogP contribution in [0, 0.1) is 5.82 Å². The predicted octanol–water partition coefficient (Wildman–Crippen LogP) is 1.08. The molecule has 0 amide bonds. The highest BCUT2D eigenvalue weighted by Crippen LogP contribution is 2.12. The first-order valence-electron chi connectivity index (χ1n) is 3.81. The first-order chi connectivity index (χ1) is 5.77. The molecule has 0 aromatic heterocycles. The molecule has 3 heteroatoms. The van der Waals surface area contributed by atoms with Crippen LogP contribution in [-0.2, 0) is 0 Å². The molecule has 1 aromatic carbocycles. The zero-order valence-corrected chi connectivity index (χ0v) is 6.92. The number of aliphatic hydroxyl groups is 1. The SMILES string of the molecule is CNC(CO)c1cccc(F)c1. The summed E-state index contributed by atoms with van der Waals surface area (Å²) in [5, 5.41) is 11.8. The van der Waals surface area contributed by atoms with Gasteiger partial charge in [0.1, 0.15) is 5.82 Å². The fraction of sp³-hybridized carbons (Fsp3) is 0.333. The summed E-state index contributed by atoms with van der Waals surface area (Å²) in [5.41, 5.74) is 0.764. The molecule has 2 nitrogen and oxygen atoms in total. The zero-order valence-electron chi connectivity index (χ0n) is 6.92. The summed E-state index contributed by atoms with van der Waals surface area (Å²) in [5.74, 6) is -0.277. The molecule has 12 heavy (non-hydrogen) atoms. The smallest absolute Gasteiger partial charge is 0.123 e. The van der Waals surface area contributed by atoms with Crippen LogP contribution in [0.1, 0.15) is 11.6 Å². The minimum absolute atomic E-state index is 0.0278. The third kappa shape index (κ3) is 2.03. The molecule has 0 radical (unpaired) electrons. The number of benzene rings is 1. The van der Waals surface area contributed by atoms with E-state index in [2.05, 4.69) is 5.32 Å². The maximum absolute atomic E-state index is 12.7. The van der Waals surface area contributed by atoms with Crippen molar-refractivity contribution in [2.75, 3.05) is 13.7 Å². The number of aliphatic hydroxyl groups excluding tert-OH is 1. The van der Waals surface area contributed by atoms with Crippen LogP contribution in [-0.4, -0.2) is 18.8 Å². The lowest BCUT2D eigenvalue weighted by Crippen LogP contribution is -2.19. The van der Waals surface area contributed by atoms with Gasteiger partial charge in [-0.1, -0.05) is 12.1 Å². The summed E-state index contributed by atoms with van der Waals surface area (Å²) in [4.78, 5) is 0. The van der Waals surface area contributed by atoms with Gasteiger partial charge in [0.15, 0.2) is 0 Å². The van der Waals surface area contributed by atoms with Crippen molar-refractivity contribution in [2.45, 2.75) is 6.04 Å². The number of halogens is 1. The second-order valence-corrected chi connectivity index (χ2v) is 2.58. The van der Waals surface area contributed by atoms with Crippen LogP contribution in [0.25, 0.3) is 0 Å². The van der Waals surface area contributed by atoms with Gasteiger partial charge in [0, 0.05) is 0 Å². The molecule has 0 spiro atoms. The van der Waals surface area contributed by atoms with E-state index in [9.17, 15) is 4.39 Å². The van der Waals surface area contributed by atoms with Gasteiger partial charge in [-0.3, -0.25) is 0 Å².